The second kappa shape index (κ2) is 6.90. The van der Waals surface area contributed by atoms with Crippen molar-refractivity contribution in [1.29, 1.82) is 0 Å². The summed E-state index contributed by atoms with van der Waals surface area (Å²) >= 11 is 0. The van der Waals surface area contributed by atoms with Gasteiger partial charge in [0, 0.05) is 6.54 Å². The molecule has 6 nitrogen and oxygen atoms in total. The molecular formula is C15H20N4O2. The highest BCUT2D eigenvalue weighted by molar-refractivity contribution is 5.98. The number of benzene rings is 1. The van der Waals surface area contributed by atoms with Gasteiger partial charge in [-0.05, 0) is 12.0 Å². The summed E-state index contributed by atoms with van der Waals surface area (Å²) in [4.78, 5) is 11.5. The summed E-state index contributed by atoms with van der Waals surface area (Å²) in [6, 6.07) is 9.78. The Balaban J connectivity index is 2.08. The molecule has 0 bridgehead atoms. The zero-order chi connectivity index (χ0) is 15.2. The van der Waals surface area contributed by atoms with Crippen LogP contribution in [-0.2, 0) is 24.5 Å². The number of carbonyl (C=O) groups excluding carboxylic acids is 1. The van der Waals surface area contributed by atoms with Gasteiger partial charge in [0.05, 0.1) is 13.2 Å². The summed E-state index contributed by atoms with van der Waals surface area (Å²) in [7, 11) is 0. The third-order valence-corrected chi connectivity index (χ3v) is 3.10. The highest BCUT2D eigenvalue weighted by Gasteiger charge is 2.19. The molecule has 0 aliphatic rings. The number of nitrogen functional groups attached to an aromatic ring is 1. The molecular weight excluding hydrogens is 268 g/mol. The number of nitrogens with zero attached hydrogens (tertiary/aromatic N) is 2. The summed E-state index contributed by atoms with van der Waals surface area (Å²) in [6.45, 7) is 3.30. The highest BCUT2D eigenvalue weighted by atomic mass is 16.5. The summed E-state index contributed by atoms with van der Waals surface area (Å²) < 4.78 is 7.20. The molecule has 0 saturated heterocycles. The third-order valence-electron chi connectivity index (χ3n) is 3.10. The first-order valence-corrected chi connectivity index (χ1v) is 6.90. The van der Waals surface area contributed by atoms with Gasteiger partial charge in [0.15, 0.2) is 0 Å². The summed E-state index contributed by atoms with van der Waals surface area (Å²) in [5.74, 6) is -0.268. The van der Waals surface area contributed by atoms with Crippen LogP contribution in [0.5, 0.6) is 0 Å². The number of carbonyl (C=O) groups is 1. The molecule has 4 N–H and O–H groups in total. The largest absolute Gasteiger partial charge is 0.383 e. The van der Waals surface area contributed by atoms with Gasteiger partial charge in [-0.15, -0.1) is 0 Å². The molecule has 0 unspecified atom stereocenters. The Morgan fingerprint density at radius 2 is 2.00 bits per heavy atom. The molecule has 2 aromatic rings. The molecule has 112 valence electrons. The van der Waals surface area contributed by atoms with Gasteiger partial charge in [-0.1, -0.05) is 37.3 Å². The molecule has 0 saturated carbocycles. The normalized spacial score (nSPS) is 10.7. The van der Waals surface area contributed by atoms with Crippen molar-refractivity contribution >= 4 is 11.7 Å². The third kappa shape index (κ3) is 3.61. The molecule has 1 heterocycles. The van der Waals surface area contributed by atoms with Gasteiger partial charge in [0.25, 0.3) is 5.91 Å². The van der Waals surface area contributed by atoms with Gasteiger partial charge in [0.1, 0.15) is 17.1 Å². The average Bonchev–Trinajstić information content (AvgIpc) is 2.77. The maximum absolute atomic E-state index is 11.5. The predicted molar refractivity (Wildman–Crippen MR) is 80.4 cm³/mol. The zero-order valence-electron chi connectivity index (χ0n) is 12.1. The number of nitrogens with two attached hydrogens (primary N) is 2. The highest BCUT2D eigenvalue weighted by Crippen LogP contribution is 2.18. The van der Waals surface area contributed by atoms with Crippen molar-refractivity contribution in [1.82, 2.24) is 9.78 Å². The molecule has 0 aliphatic carbocycles. The first kappa shape index (κ1) is 15.1. The Labute approximate surface area is 123 Å². The number of hydrogen-bond acceptors (Lipinski definition) is 4. The van der Waals surface area contributed by atoms with E-state index in [1.54, 1.807) is 4.68 Å². The van der Waals surface area contributed by atoms with Crippen LogP contribution in [0.4, 0.5) is 5.82 Å². The molecule has 0 radical (unpaired) electrons. The van der Waals surface area contributed by atoms with Crippen LogP contribution in [0.3, 0.4) is 0 Å². The Hall–Kier alpha value is -2.34. The minimum Gasteiger partial charge on any atom is -0.383 e. The van der Waals surface area contributed by atoms with Crippen molar-refractivity contribution < 1.29 is 9.53 Å². The Morgan fingerprint density at radius 3 is 2.62 bits per heavy atom. The number of primary amides is 1. The lowest BCUT2D eigenvalue weighted by Crippen LogP contribution is -2.15. The molecule has 0 spiro atoms. The van der Waals surface area contributed by atoms with Crippen LogP contribution >= 0.6 is 0 Å². The van der Waals surface area contributed by atoms with Crippen LogP contribution in [0, 0.1) is 0 Å². The van der Waals surface area contributed by atoms with E-state index in [2.05, 4.69) is 5.10 Å². The van der Waals surface area contributed by atoms with E-state index >= 15 is 0 Å². The van der Waals surface area contributed by atoms with E-state index in [1.165, 1.54) is 0 Å². The van der Waals surface area contributed by atoms with Gasteiger partial charge >= 0.3 is 0 Å². The Bertz CT molecular complexity index is 608. The number of aromatic nitrogens is 2. The lowest BCUT2D eigenvalue weighted by atomic mass is 10.2. The number of amides is 1. The van der Waals surface area contributed by atoms with E-state index in [0.717, 1.165) is 12.0 Å². The minimum absolute atomic E-state index is 0.202. The number of anilines is 1. The van der Waals surface area contributed by atoms with Crippen LogP contribution < -0.4 is 11.5 Å². The van der Waals surface area contributed by atoms with E-state index in [-0.39, 0.29) is 12.2 Å². The first-order chi connectivity index (χ1) is 10.1. The lowest BCUT2D eigenvalue weighted by Gasteiger charge is -2.03. The summed E-state index contributed by atoms with van der Waals surface area (Å²) in [5.41, 5.74) is 13.1. The first-order valence-electron chi connectivity index (χ1n) is 6.90. The van der Waals surface area contributed by atoms with Crippen molar-refractivity contribution in [3.63, 3.8) is 0 Å². The summed E-state index contributed by atoms with van der Waals surface area (Å²) in [6.07, 6.45) is 0.869. The van der Waals surface area contributed by atoms with Gasteiger partial charge < -0.3 is 16.2 Å². The monoisotopic (exact) mass is 288 g/mol. The SMILES string of the molecule is CCCn1nc(COCc2ccccc2)c(C(N)=O)c1N. The maximum Gasteiger partial charge on any atom is 0.254 e. The van der Waals surface area contributed by atoms with Gasteiger partial charge in [0.2, 0.25) is 0 Å². The minimum atomic E-state index is -0.576. The van der Waals surface area contributed by atoms with E-state index in [0.29, 0.717) is 24.7 Å². The van der Waals surface area contributed by atoms with Crippen molar-refractivity contribution in [3.05, 3.63) is 47.2 Å². The van der Waals surface area contributed by atoms with Gasteiger partial charge in [-0.25, -0.2) is 4.68 Å². The average molecular weight is 288 g/mol. The van der Waals surface area contributed by atoms with E-state index in [9.17, 15) is 4.79 Å². The number of aryl methyl sites for hydroxylation is 1. The van der Waals surface area contributed by atoms with Crippen LogP contribution in [0.2, 0.25) is 0 Å². The fourth-order valence-corrected chi connectivity index (χ4v) is 2.12. The molecule has 6 heteroatoms. The molecule has 1 aromatic heterocycles. The molecule has 1 aromatic carbocycles. The fraction of sp³-hybridized carbons (Fsp3) is 0.333. The van der Waals surface area contributed by atoms with E-state index < -0.39 is 5.91 Å². The number of ether oxygens (including phenoxy) is 1. The summed E-state index contributed by atoms with van der Waals surface area (Å²) in [5, 5.41) is 4.32. The van der Waals surface area contributed by atoms with Crippen molar-refractivity contribution in [3.8, 4) is 0 Å². The molecule has 0 fully saturated rings. The Kier molecular flexibility index (Phi) is 4.94. The van der Waals surface area contributed by atoms with Crippen molar-refractivity contribution in [2.75, 3.05) is 5.73 Å². The quantitative estimate of drug-likeness (QED) is 0.810. The Morgan fingerprint density at radius 1 is 1.29 bits per heavy atom. The second-order valence-corrected chi connectivity index (χ2v) is 4.77. The lowest BCUT2D eigenvalue weighted by molar-refractivity contribution is 0.0959. The van der Waals surface area contributed by atoms with E-state index in [1.807, 2.05) is 37.3 Å². The van der Waals surface area contributed by atoms with Crippen LogP contribution in [0.1, 0.15) is 35.0 Å². The predicted octanol–water partition coefficient (Wildman–Crippen LogP) is 1.69. The van der Waals surface area contributed by atoms with Crippen LogP contribution in [0.25, 0.3) is 0 Å². The maximum atomic E-state index is 11.5. The van der Waals surface area contributed by atoms with Crippen molar-refractivity contribution in [2.24, 2.45) is 5.73 Å². The van der Waals surface area contributed by atoms with Crippen LogP contribution in [-0.4, -0.2) is 15.7 Å². The molecule has 0 atom stereocenters. The molecule has 2 rings (SSSR count). The molecule has 21 heavy (non-hydrogen) atoms. The van der Waals surface area contributed by atoms with E-state index in [4.69, 9.17) is 16.2 Å². The molecule has 1 amide bonds. The van der Waals surface area contributed by atoms with Crippen LogP contribution in [0.15, 0.2) is 30.3 Å². The topological polar surface area (TPSA) is 96.2 Å². The van der Waals surface area contributed by atoms with Gasteiger partial charge in [-0.3, -0.25) is 4.79 Å². The van der Waals surface area contributed by atoms with Crippen molar-refractivity contribution in [2.45, 2.75) is 33.1 Å². The number of hydrogen-bond donors (Lipinski definition) is 2. The smallest absolute Gasteiger partial charge is 0.254 e. The number of rotatable bonds is 7. The fourth-order valence-electron chi connectivity index (χ4n) is 2.12. The zero-order valence-corrected chi connectivity index (χ0v) is 12.1. The standard InChI is InChI=1S/C15H20N4O2/c1-2-8-19-14(16)13(15(17)20)12(18-19)10-21-9-11-6-4-3-5-7-11/h3-7H,2,8-10,16H2,1H3,(H2,17,20). The molecule has 0 aliphatic heterocycles. The second-order valence-electron chi connectivity index (χ2n) is 4.77. The van der Waals surface area contributed by atoms with Gasteiger partial charge in [-0.2, -0.15) is 5.10 Å².